The molecule has 0 spiro atoms. The molecule has 3 N–H and O–H groups in total. The summed E-state index contributed by atoms with van der Waals surface area (Å²) in [7, 11) is -17.4. The summed E-state index contributed by atoms with van der Waals surface area (Å²) >= 11 is 0. The summed E-state index contributed by atoms with van der Waals surface area (Å²) in [4.78, 5) is 48.1. The maximum absolute atomic E-state index is 12.1. The summed E-state index contributed by atoms with van der Waals surface area (Å²) < 4.78 is 65.0. The number of nitrogens with zero attached hydrogens (tertiary/aromatic N) is 4. The average molecular weight is 646 g/mol. The minimum absolute atomic E-state index is 0.0461. The highest BCUT2D eigenvalue weighted by Crippen LogP contribution is 2.63. The molecule has 1 aliphatic heterocycles. The van der Waals surface area contributed by atoms with Gasteiger partial charge in [0.25, 0.3) is 23.5 Å². The Hall–Kier alpha value is -2.58. The van der Waals surface area contributed by atoms with Crippen LogP contribution in [-0.2, 0) is 54.1 Å². The maximum Gasteiger partial charge on any atom is 0.280 e. The Morgan fingerprint density at radius 3 is 2.33 bits per heavy atom. The van der Waals surface area contributed by atoms with Crippen LogP contribution in [0.3, 0.4) is 0 Å². The zero-order valence-corrected chi connectivity index (χ0v) is 24.0. The van der Waals surface area contributed by atoms with Crippen molar-refractivity contribution < 1.29 is 60.6 Å². The van der Waals surface area contributed by atoms with E-state index in [-0.39, 0.29) is 36.6 Å². The van der Waals surface area contributed by atoms with Crippen LogP contribution in [0.4, 0.5) is 5.82 Å². The lowest BCUT2D eigenvalue weighted by atomic mass is 10.1. The van der Waals surface area contributed by atoms with Crippen molar-refractivity contribution in [1.29, 1.82) is 0 Å². The van der Waals surface area contributed by atoms with E-state index in [4.69, 9.17) is 21.6 Å². The van der Waals surface area contributed by atoms with Gasteiger partial charge in [-0.2, -0.15) is 0 Å². The molecule has 1 aromatic carbocycles. The lowest BCUT2D eigenvalue weighted by molar-refractivity contribution is -0.252. The van der Waals surface area contributed by atoms with Crippen LogP contribution in [0.25, 0.3) is 11.2 Å². The Bertz CT molecular complexity index is 1580. The van der Waals surface area contributed by atoms with E-state index in [1.54, 1.807) is 12.1 Å². The van der Waals surface area contributed by atoms with Gasteiger partial charge in [-0.05, 0) is 11.1 Å². The third-order valence-electron chi connectivity index (χ3n) is 5.56. The second-order valence-electron chi connectivity index (χ2n) is 8.60. The number of phosphoric ester groups is 2. The van der Waals surface area contributed by atoms with Gasteiger partial charge in [0.1, 0.15) is 30.8 Å². The van der Waals surface area contributed by atoms with E-state index in [2.05, 4.69) is 38.5 Å². The highest BCUT2D eigenvalue weighted by Gasteiger charge is 2.37. The van der Waals surface area contributed by atoms with E-state index >= 15 is 0 Å². The van der Waals surface area contributed by atoms with Crippen molar-refractivity contribution in [3.05, 3.63) is 48.0 Å². The molecule has 3 heterocycles. The molecule has 228 valence electrons. The number of nitrogens with two attached hydrogens (primary N) is 1. The third kappa shape index (κ3) is 8.73. The summed E-state index contributed by atoms with van der Waals surface area (Å²) in [5.74, 6) is 2.41. The molecule has 1 fully saturated rings. The molecule has 1 saturated heterocycles. The van der Waals surface area contributed by atoms with Crippen molar-refractivity contribution >= 4 is 40.4 Å². The molecule has 0 amide bonds. The monoisotopic (exact) mass is 646 g/mol. The highest BCUT2D eigenvalue weighted by molar-refractivity contribution is 7.65. The second kappa shape index (κ2) is 13.4. The Labute approximate surface area is 238 Å². The van der Waals surface area contributed by atoms with Gasteiger partial charge >= 0.3 is 0 Å². The fourth-order valence-corrected chi connectivity index (χ4v) is 7.06. The first-order valence-corrected chi connectivity index (χ1v) is 16.2. The number of terminal acetylenes is 1. The quantitative estimate of drug-likeness (QED) is 0.131. The maximum atomic E-state index is 12.1. The fourth-order valence-electron chi connectivity index (χ4n) is 3.70. The summed E-state index contributed by atoms with van der Waals surface area (Å²) in [5.41, 5.74) is 7.34. The lowest BCUT2D eigenvalue weighted by Crippen LogP contribution is -2.27. The van der Waals surface area contributed by atoms with Crippen LogP contribution in [0.5, 0.6) is 0 Å². The smallest absolute Gasteiger partial charge is 0.280 e. The van der Waals surface area contributed by atoms with Crippen molar-refractivity contribution in [3.63, 3.8) is 0 Å². The van der Waals surface area contributed by atoms with Gasteiger partial charge < -0.3 is 44.0 Å². The first-order valence-electron chi connectivity index (χ1n) is 11.8. The molecule has 3 aromatic rings. The molecule has 21 heteroatoms. The Morgan fingerprint density at radius 2 is 1.67 bits per heavy atom. The number of fused-ring (bicyclic) bond motifs is 1. The average Bonchev–Trinajstić information content (AvgIpc) is 3.50. The molecule has 6 atom stereocenters. The number of aliphatic hydroxyl groups excluding tert-OH is 1. The van der Waals surface area contributed by atoms with Crippen LogP contribution in [0.1, 0.15) is 23.8 Å². The summed E-state index contributed by atoms with van der Waals surface area (Å²) in [5, 5.41) is 10.3. The Kier molecular flexibility index (Phi) is 10.3. The molecule has 42 heavy (non-hydrogen) atoms. The van der Waals surface area contributed by atoms with Crippen molar-refractivity contribution in [2.24, 2.45) is 0 Å². The third-order valence-corrected chi connectivity index (χ3v) is 9.68. The van der Waals surface area contributed by atoms with Crippen molar-refractivity contribution in [3.8, 4) is 12.3 Å². The second-order valence-corrected chi connectivity index (χ2v) is 13.1. The number of rotatable bonds is 14. The van der Waals surface area contributed by atoms with E-state index in [1.165, 1.54) is 29.4 Å². The fraction of sp³-hybridized carbons (Fsp3) is 0.381. The van der Waals surface area contributed by atoms with Gasteiger partial charge in [-0.3, -0.25) is 18.3 Å². The number of hydrogen-bond acceptors (Lipinski definition) is 17. The van der Waals surface area contributed by atoms with E-state index in [0.29, 0.717) is 5.56 Å². The zero-order chi connectivity index (χ0) is 30.5. The number of aliphatic hydroxyl groups is 1. The van der Waals surface area contributed by atoms with Crippen LogP contribution in [0.15, 0.2) is 36.9 Å². The molecule has 1 aliphatic rings. The minimum Gasteiger partial charge on any atom is -0.756 e. The van der Waals surface area contributed by atoms with Gasteiger partial charge in [0.2, 0.25) is 0 Å². The highest BCUT2D eigenvalue weighted by atomic mass is 31.3. The summed E-state index contributed by atoms with van der Waals surface area (Å²) in [6.45, 7) is -1.22. The molecular weight excluding hydrogens is 623 g/mol. The van der Waals surface area contributed by atoms with Crippen LogP contribution in [0.2, 0.25) is 0 Å². The molecule has 2 aromatic heterocycles. The number of phosphoric acid groups is 3. The Morgan fingerprint density at radius 1 is 1.02 bits per heavy atom. The van der Waals surface area contributed by atoms with Gasteiger partial charge in [-0.25, -0.2) is 23.6 Å². The zero-order valence-electron chi connectivity index (χ0n) is 21.4. The lowest BCUT2D eigenvalue weighted by Gasteiger charge is -2.34. The summed E-state index contributed by atoms with van der Waals surface area (Å²) in [6, 6.07) is 6.13. The number of benzene rings is 1. The summed E-state index contributed by atoms with van der Waals surface area (Å²) in [6.07, 6.45) is 4.17. The number of hydrogen-bond donors (Lipinski definition) is 2. The van der Waals surface area contributed by atoms with Gasteiger partial charge in [0.15, 0.2) is 11.5 Å². The van der Waals surface area contributed by atoms with Crippen molar-refractivity contribution in [2.75, 3.05) is 18.9 Å². The van der Waals surface area contributed by atoms with Crippen LogP contribution >= 0.6 is 23.5 Å². The van der Waals surface area contributed by atoms with Crippen molar-refractivity contribution in [1.82, 2.24) is 19.5 Å². The van der Waals surface area contributed by atoms with Gasteiger partial charge in [-0.15, -0.1) is 6.42 Å². The standard InChI is InChI=1S/C21H26N5O13P3/c1-2-7-34-9-14-3-5-15(6-4-14)10-35-40(28,29)38-42(32,33)39-41(30,31)36-11-17-16(27)8-18(37-17)26-13-25-19-20(22)23-12-24-21(19)26/h1,3-6,12-13,16-18,27H,7-11H2,(H,28,29)(H,30,31)(H,32,33)(H2,22,23,24)/p-3/t16-,17-,18-/m1/s1. The molecule has 0 saturated carbocycles. The van der Waals surface area contributed by atoms with Crippen molar-refractivity contribution in [2.45, 2.75) is 38.1 Å². The molecule has 4 rings (SSSR count). The largest absolute Gasteiger partial charge is 0.756 e. The molecule has 0 bridgehead atoms. The SMILES string of the molecule is C#CCOCc1ccc(COP(=O)([O-])OP(=O)([O-])OP(=O)([O-])OC[C@H]2O[C@@H](n3cnc4c(N)ncnc43)C[C@H]2O)cc1. The van der Waals surface area contributed by atoms with Gasteiger partial charge in [0, 0.05) is 6.42 Å². The molecular formula is C21H23N5O13P3-3. The predicted molar refractivity (Wildman–Crippen MR) is 135 cm³/mol. The normalized spacial score (nSPS) is 23.2. The van der Waals surface area contributed by atoms with E-state index < -0.39 is 55.1 Å². The topological polar surface area (TPSA) is 266 Å². The molecule has 0 radical (unpaired) electrons. The first-order chi connectivity index (χ1) is 19.8. The first kappa shape index (κ1) is 32.3. The van der Waals surface area contributed by atoms with Gasteiger partial charge in [0.05, 0.1) is 32.3 Å². The Balaban J connectivity index is 1.27. The van der Waals surface area contributed by atoms with E-state index in [9.17, 15) is 33.5 Å². The number of imidazole rings is 1. The van der Waals surface area contributed by atoms with Crippen LogP contribution in [-0.4, -0.2) is 50.0 Å². The van der Waals surface area contributed by atoms with Gasteiger partial charge in [-0.1, -0.05) is 30.2 Å². The molecule has 3 unspecified atom stereocenters. The predicted octanol–water partition coefficient (Wildman–Crippen LogP) is -0.121. The number of aromatic nitrogens is 4. The van der Waals surface area contributed by atoms with Crippen LogP contribution < -0.4 is 20.4 Å². The number of anilines is 1. The minimum atomic E-state index is -6.07. The number of ether oxygens (including phenoxy) is 2. The van der Waals surface area contributed by atoms with E-state index in [0.717, 1.165) is 5.56 Å². The number of nitrogen functional groups attached to an aromatic ring is 1. The molecule has 18 nitrogen and oxygen atoms in total. The van der Waals surface area contributed by atoms with Crippen LogP contribution in [0, 0.1) is 12.3 Å². The van der Waals surface area contributed by atoms with E-state index in [1.807, 2.05) is 0 Å². The molecule has 0 aliphatic carbocycles.